The molecule has 0 aliphatic carbocycles. The Labute approximate surface area is 88.0 Å². The Morgan fingerprint density at radius 2 is 2.21 bits per heavy atom. The maximum absolute atomic E-state index is 12.4. The lowest BCUT2D eigenvalue weighted by Gasteiger charge is -2.06. The lowest BCUT2D eigenvalue weighted by molar-refractivity contribution is -0.385. The van der Waals surface area contributed by atoms with E-state index in [1.807, 2.05) is 0 Å². The smallest absolute Gasteiger partial charge is 0.274 e. The molecule has 0 aliphatic rings. The average molecular weight is 264 g/mol. The van der Waals surface area contributed by atoms with Crippen LogP contribution in [0.25, 0.3) is 0 Å². The molecule has 0 bridgehead atoms. The summed E-state index contributed by atoms with van der Waals surface area (Å²) < 4.78 is 17.6. The summed E-state index contributed by atoms with van der Waals surface area (Å²) in [6, 6.07) is 3.94. The van der Waals surface area contributed by atoms with Crippen LogP contribution in [0.4, 0.5) is 10.1 Å². The summed E-state index contributed by atoms with van der Waals surface area (Å²) in [4.78, 5) is 9.86. The molecule has 14 heavy (non-hydrogen) atoms. The molecule has 6 heteroatoms. The third-order valence-electron chi connectivity index (χ3n) is 1.37. The van der Waals surface area contributed by atoms with Gasteiger partial charge in [0, 0.05) is 17.5 Å². The first kappa shape index (κ1) is 10.9. The molecule has 1 aromatic carbocycles. The molecule has 1 unspecified atom stereocenters. The van der Waals surface area contributed by atoms with Crippen LogP contribution < -0.4 is 4.74 Å². The molecule has 0 fully saturated rings. The van der Waals surface area contributed by atoms with E-state index in [-0.39, 0.29) is 11.4 Å². The number of ether oxygens (including phenoxy) is 1. The van der Waals surface area contributed by atoms with E-state index in [0.717, 1.165) is 0 Å². The number of hydrogen-bond donors (Lipinski definition) is 0. The normalized spacial score (nSPS) is 12.2. The zero-order chi connectivity index (χ0) is 10.7. The van der Waals surface area contributed by atoms with Crippen molar-refractivity contribution in [1.82, 2.24) is 0 Å². The van der Waals surface area contributed by atoms with E-state index in [0.29, 0.717) is 4.47 Å². The quantitative estimate of drug-likeness (QED) is 0.622. The van der Waals surface area contributed by atoms with Crippen LogP contribution in [0.15, 0.2) is 22.7 Å². The second kappa shape index (κ2) is 4.36. The number of halogens is 2. The van der Waals surface area contributed by atoms with Gasteiger partial charge in [0.2, 0.25) is 6.36 Å². The summed E-state index contributed by atoms with van der Waals surface area (Å²) in [5.41, 5.74) is -0.143. The molecule has 0 heterocycles. The number of non-ortho nitro benzene ring substituents is 1. The number of hydrogen-bond acceptors (Lipinski definition) is 3. The zero-order valence-corrected chi connectivity index (χ0v) is 8.82. The maximum Gasteiger partial charge on any atom is 0.274 e. The van der Waals surface area contributed by atoms with E-state index in [4.69, 9.17) is 0 Å². The highest BCUT2D eigenvalue weighted by molar-refractivity contribution is 9.10. The largest absolute Gasteiger partial charge is 0.460 e. The fourth-order valence-corrected chi connectivity index (χ4v) is 1.37. The van der Waals surface area contributed by atoms with Crippen molar-refractivity contribution < 1.29 is 14.1 Å². The molecule has 1 aromatic rings. The van der Waals surface area contributed by atoms with Crippen LogP contribution in [0, 0.1) is 10.1 Å². The fourth-order valence-electron chi connectivity index (χ4n) is 0.909. The molecule has 0 N–H and O–H groups in total. The van der Waals surface area contributed by atoms with Gasteiger partial charge in [-0.25, -0.2) is 4.39 Å². The highest BCUT2D eigenvalue weighted by atomic mass is 79.9. The Balaban J connectivity index is 3.01. The van der Waals surface area contributed by atoms with E-state index in [1.165, 1.54) is 25.1 Å². The van der Waals surface area contributed by atoms with Gasteiger partial charge in [0.1, 0.15) is 5.75 Å². The topological polar surface area (TPSA) is 52.4 Å². The van der Waals surface area contributed by atoms with Crippen LogP contribution in [-0.2, 0) is 0 Å². The monoisotopic (exact) mass is 263 g/mol. The fraction of sp³-hybridized carbons (Fsp3) is 0.250. The van der Waals surface area contributed by atoms with Gasteiger partial charge < -0.3 is 4.74 Å². The molecular formula is C8H7BrFNO3. The second-order valence-corrected chi connectivity index (χ2v) is 3.48. The molecule has 1 atom stereocenters. The van der Waals surface area contributed by atoms with Crippen molar-refractivity contribution in [1.29, 1.82) is 0 Å². The van der Waals surface area contributed by atoms with Crippen LogP contribution in [0.2, 0.25) is 0 Å². The minimum Gasteiger partial charge on any atom is -0.460 e. The first-order valence-electron chi connectivity index (χ1n) is 3.75. The Kier molecular flexibility index (Phi) is 3.40. The van der Waals surface area contributed by atoms with Gasteiger partial charge in [-0.1, -0.05) is 15.9 Å². The Hall–Kier alpha value is -1.17. The van der Waals surface area contributed by atoms with Crippen LogP contribution in [0.5, 0.6) is 5.75 Å². The molecule has 0 aliphatic heterocycles. The number of alkyl halides is 1. The van der Waals surface area contributed by atoms with E-state index >= 15 is 0 Å². The van der Waals surface area contributed by atoms with Crippen molar-refractivity contribution in [3.8, 4) is 5.75 Å². The summed E-state index contributed by atoms with van der Waals surface area (Å²) in [7, 11) is 0. The minimum atomic E-state index is -1.50. The molecule has 0 spiro atoms. The third-order valence-corrected chi connectivity index (χ3v) is 1.82. The van der Waals surface area contributed by atoms with E-state index < -0.39 is 11.3 Å². The Morgan fingerprint density at radius 3 is 2.71 bits per heavy atom. The van der Waals surface area contributed by atoms with Crippen LogP contribution in [0.3, 0.4) is 0 Å². The van der Waals surface area contributed by atoms with Crippen molar-refractivity contribution in [2.24, 2.45) is 0 Å². The molecule has 0 radical (unpaired) electrons. The SMILES string of the molecule is CC(F)Oc1cc(Br)cc([N+](=O)[O-])c1. The molecule has 4 nitrogen and oxygen atoms in total. The van der Waals surface area contributed by atoms with Gasteiger partial charge in [0.05, 0.1) is 11.0 Å². The highest BCUT2D eigenvalue weighted by Crippen LogP contribution is 2.26. The predicted octanol–water partition coefficient (Wildman–Crippen LogP) is 3.05. The number of nitrogens with zero attached hydrogens (tertiary/aromatic N) is 1. The molecule has 0 aromatic heterocycles. The van der Waals surface area contributed by atoms with Gasteiger partial charge in [-0.05, 0) is 6.07 Å². The maximum atomic E-state index is 12.4. The number of rotatable bonds is 3. The zero-order valence-electron chi connectivity index (χ0n) is 7.24. The number of benzene rings is 1. The van der Waals surface area contributed by atoms with Gasteiger partial charge in [-0.15, -0.1) is 0 Å². The van der Waals surface area contributed by atoms with Crippen molar-refractivity contribution in [2.75, 3.05) is 0 Å². The van der Waals surface area contributed by atoms with Gasteiger partial charge in [0.15, 0.2) is 0 Å². The van der Waals surface area contributed by atoms with E-state index in [9.17, 15) is 14.5 Å². The summed E-state index contributed by atoms with van der Waals surface area (Å²) >= 11 is 3.06. The van der Waals surface area contributed by atoms with Crippen LogP contribution in [0.1, 0.15) is 6.92 Å². The van der Waals surface area contributed by atoms with Crippen molar-refractivity contribution in [3.63, 3.8) is 0 Å². The summed E-state index contributed by atoms with van der Waals surface area (Å²) in [6.45, 7) is 1.20. The molecule has 76 valence electrons. The lowest BCUT2D eigenvalue weighted by Crippen LogP contribution is -2.04. The predicted molar refractivity (Wildman–Crippen MR) is 52.0 cm³/mol. The van der Waals surface area contributed by atoms with E-state index in [2.05, 4.69) is 20.7 Å². The lowest BCUT2D eigenvalue weighted by atomic mass is 10.3. The summed E-state index contributed by atoms with van der Waals surface area (Å²) in [5, 5.41) is 10.4. The van der Waals surface area contributed by atoms with Crippen LogP contribution >= 0.6 is 15.9 Å². The standard InChI is InChI=1S/C8H7BrFNO3/c1-5(10)14-8-3-6(9)2-7(4-8)11(12)13/h2-5H,1H3. The number of nitro benzene ring substituents is 1. The number of nitro groups is 1. The Bertz CT molecular complexity index is 356. The molecule has 0 saturated heterocycles. The highest BCUT2D eigenvalue weighted by Gasteiger charge is 2.10. The molecular weight excluding hydrogens is 257 g/mol. The van der Waals surface area contributed by atoms with Crippen molar-refractivity contribution in [3.05, 3.63) is 32.8 Å². The van der Waals surface area contributed by atoms with E-state index in [1.54, 1.807) is 0 Å². The third kappa shape index (κ3) is 2.95. The molecule has 1 rings (SSSR count). The van der Waals surface area contributed by atoms with Gasteiger partial charge in [-0.3, -0.25) is 10.1 Å². The Morgan fingerprint density at radius 1 is 1.57 bits per heavy atom. The van der Waals surface area contributed by atoms with Crippen molar-refractivity contribution >= 4 is 21.6 Å². The summed E-state index contributed by atoms with van der Waals surface area (Å²) in [5.74, 6) is 0.126. The van der Waals surface area contributed by atoms with Gasteiger partial charge >= 0.3 is 0 Å². The summed E-state index contributed by atoms with van der Waals surface area (Å²) in [6.07, 6.45) is -1.50. The minimum absolute atomic E-state index is 0.126. The first-order valence-corrected chi connectivity index (χ1v) is 4.54. The molecule has 0 saturated carbocycles. The van der Waals surface area contributed by atoms with Crippen molar-refractivity contribution in [2.45, 2.75) is 13.3 Å². The molecule has 0 amide bonds. The second-order valence-electron chi connectivity index (χ2n) is 2.56. The average Bonchev–Trinajstić information content (AvgIpc) is 2.01. The van der Waals surface area contributed by atoms with Crippen LogP contribution in [-0.4, -0.2) is 11.3 Å². The first-order chi connectivity index (χ1) is 6.49. The van der Waals surface area contributed by atoms with Gasteiger partial charge in [-0.2, -0.15) is 0 Å². The van der Waals surface area contributed by atoms with Gasteiger partial charge in [0.25, 0.3) is 5.69 Å².